The maximum atomic E-state index is 13.4. The van der Waals surface area contributed by atoms with Gasteiger partial charge in [-0.2, -0.15) is 0 Å². The molecular weight excluding hydrogens is 179 g/mol. The lowest BCUT2D eigenvalue weighted by molar-refractivity contribution is 0.624. The second-order valence-corrected chi connectivity index (χ2v) is 3.01. The molecule has 2 heterocycles. The molecular formula is C11H8FN2. The first-order chi connectivity index (χ1) is 6.77. The molecule has 0 saturated heterocycles. The summed E-state index contributed by atoms with van der Waals surface area (Å²) in [5.74, 6) is -0.339. The van der Waals surface area contributed by atoms with Crippen LogP contribution in [0.5, 0.6) is 0 Å². The third-order valence-electron chi connectivity index (χ3n) is 1.84. The molecule has 0 unspecified atom stereocenters. The van der Waals surface area contributed by atoms with Crippen LogP contribution in [0, 0.1) is 18.9 Å². The van der Waals surface area contributed by atoms with Gasteiger partial charge in [-0.1, -0.05) is 0 Å². The summed E-state index contributed by atoms with van der Waals surface area (Å²) in [6.07, 6.45) is 5.91. The average molecular weight is 187 g/mol. The van der Waals surface area contributed by atoms with E-state index in [1.54, 1.807) is 31.5 Å². The highest BCUT2D eigenvalue weighted by Crippen LogP contribution is 2.18. The molecule has 0 aliphatic rings. The van der Waals surface area contributed by atoms with Crippen LogP contribution in [0.1, 0.15) is 5.56 Å². The second-order valence-electron chi connectivity index (χ2n) is 3.01. The number of aromatic nitrogens is 2. The first-order valence-electron chi connectivity index (χ1n) is 4.22. The number of halogens is 1. The molecule has 0 atom stereocenters. The van der Waals surface area contributed by atoms with Crippen LogP contribution in [-0.2, 0) is 0 Å². The largest absolute Gasteiger partial charge is 0.254 e. The van der Waals surface area contributed by atoms with E-state index in [1.807, 2.05) is 0 Å². The summed E-state index contributed by atoms with van der Waals surface area (Å²) >= 11 is 0. The SMILES string of the molecule is Cc1cnc(-c2[c]nccc2)c(F)c1. The molecule has 0 aromatic carbocycles. The van der Waals surface area contributed by atoms with Gasteiger partial charge in [0.05, 0.1) is 6.20 Å². The Labute approximate surface area is 81.5 Å². The molecule has 2 aromatic rings. The first kappa shape index (κ1) is 8.81. The number of pyridine rings is 2. The van der Waals surface area contributed by atoms with Crippen LogP contribution in [-0.4, -0.2) is 9.97 Å². The van der Waals surface area contributed by atoms with Crippen molar-refractivity contribution in [3.05, 3.63) is 48.2 Å². The van der Waals surface area contributed by atoms with E-state index in [1.165, 1.54) is 6.07 Å². The molecule has 14 heavy (non-hydrogen) atoms. The van der Waals surface area contributed by atoms with Crippen molar-refractivity contribution in [2.24, 2.45) is 0 Å². The lowest BCUT2D eigenvalue weighted by atomic mass is 10.1. The Balaban J connectivity index is 2.53. The molecule has 0 aliphatic heterocycles. The number of nitrogens with zero attached hydrogens (tertiary/aromatic N) is 2. The third-order valence-corrected chi connectivity index (χ3v) is 1.84. The van der Waals surface area contributed by atoms with Gasteiger partial charge < -0.3 is 0 Å². The fourth-order valence-electron chi connectivity index (χ4n) is 1.19. The molecule has 0 amide bonds. The fourth-order valence-corrected chi connectivity index (χ4v) is 1.19. The van der Waals surface area contributed by atoms with Gasteiger partial charge in [-0.15, -0.1) is 0 Å². The Kier molecular flexibility index (Phi) is 2.23. The Hall–Kier alpha value is -1.77. The van der Waals surface area contributed by atoms with Gasteiger partial charge >= 0.3 is 0 Å². The molecule has 2 aromatic heterocycles. The summed E-state index contributed by atoms with van der Waals surface area (Å²) in [7, 11) is 0. The topological polar surface area (TPSA) is 25.8 Å². The van der Waals surface area contributed by atoms with E-state index >= 15 is 0 Å². The van der Waals surface area contributed by atoms with E-state index in [2.05, 4.69) is 16.2 Å². The zero-order chi connectivity index (χ0) is 9.97. The van der Waals surface area contributed by atoms with Crippen LogP contribution < -0.4 is 0 Å². The average Bonchev–Trinajstić information content (AvgIpc) is 2.19. The van der Waals surface area contributed by atoms with Gasteiger partial charge in [0, 0.05) is 18.0 Å². The Morgan fingerprint density at radius 1 is 1.43 bits per heavy atom. The van der Waals surface area contributed by atoms with Crippen molar-refractivity contribution in [2.45, 2.75) is 6.92 Å². The number of hydrogen-bond acceptors (Lipinski definition) is 2. The van der Waals surface area contributed by atoms with Crippen molar-refractivity contribution in [1.82, 2.24) is 9.97 Å². The van der Waals surface area contributed by atoms with Gasteiger partial charge in [-0.05, 0) is 30.7 Å². The van der Waals surface area contributed by atoms with Crippen molar-refractivity contribution in [1.29, 1.82) is 0 Å². The summed E-state index contributed by atoms with van der Waals surface area (Å²) in [4.78, 5) is 7.79. The standard InChI is InChI=1S/C11H8FN2/c1-8-5-10(12)11(14-6-8)9-3-2-4-13-7-9/h2-6H,1H3. The molecule has 69 valence electrons. The van der Waals surface area contributed by atoms with E-state index in [0.717, 1.165) is 5.56 Å². The summed E-state index contributed by atoms with van der Waals surface area (Å²) in [5.41, 5.74) is 1.67. The van der Waals surface area contributed by atoms with Gasteiger partial charge in [0.1, 0.15) is 11.5 Å². The van der Waals surface area contributed by atoms with Crippen LogP contribution in [0.4, 0.5) is 4.39 Å². The predicted molar refractivity (Wildman–Crippen MR) is 51.0 cm³/mol. The summed E-state index contributed by atoms with van der Waals surface area (Å²) in [6, 6.07) is 4.91. The minimum Gasteiger partial charge on any atom is -0.254 e. The molecule has 2 rings (SSSR count). The molecule has 0 fully saturated rings. The van der Waals surface area contributed by atoms with Gasteiger partial charge in [0.25, 0.3) is 0 Å². The van der Waals surface area contributed by atoms with Gasteiger partial charge in [-0.25, -0.2) is 4.39 Å². The highest BCUT2D eigenvalue weighted by atomic mass is 19.1. The normalized spacial score (nSPS) is 10.1. The van der Waals surface area contributed by atoms with Crippen molar-refractivity contribution in [3.8, 4) is 11.3 Å². The molecule has 2 nitrogen and oxygen atoms in total. The zero-order valence-electron chi connectivity index (χ0n) is 7.66. The maximum Gasteiger partial charge on any atom is 0.149 e. The molecule has 3 heteroatoms. The highest BCUT2D eigenvalue weighted by Gasteiger charge is 2.06. The number of hydrogen-bond donors (Lipinski definition) is 0. The van der Waals surface area contributed by atoms with Crippen LogP contribution in [0.3, 0.4) is 0 Å². The minimum absolute atomic E-state index is 0.295. The molecule has 1 radical (unpaired) electrons. The third kappa shape index (κ3) is 1.62. The second kappa shape index (κ2) is 3.54. The lowest BCUT2D eigenvalue weighted by Crippen LogP contribution is -1.90. The smallest absolute Gasteiger partial charge is 0.149 e. The zero-order valence-corrected chi connectivity index (χ0v) is 7.66. The van der Waals surface area contributed by atoms with Crippen LogP contribution in [0.25, 0.3) is 11.3 Å². The Morgan fingerprint density at radius 2 is 2.29 bits per heavy atom. The van der Waals surface area contributed by atoms with Gasteiger partial charge in [0.2, 0.25) is 0 Å². The van der Waals surface area contributed by atoms with Crippen molar-refractivity contribution >= 4 is 0 Å². The van der Waals surface area contributed by atoms with E-state index in [0.29, 0.717) is 11.3 Å². The lowest BCUT2D eigenvalue weighted by Gasteiger charge is -2.01. The maximum absolute atomic E-state index is 13.4. The fraction of sp³-hybridized carbons (Fsp3) is 0.0909. The van der Waals surface area contributed by atoms with Gasteiger partial charge in [0.15, 0.2) is 0 Å². The van der Waals surface area contributed by atoms with Crippen LogP contribution >= 0.6 is 0 Å². The molecule has 0 N–H and O–H groups in total. The van der Waals surface area contributed by atoms with Gasteiger partial charge in [-0.3, -0.25) is 9.97 Å². The van der Waals surface area contributed by atoms with Crippen LogP contribution in [0.15, 0.2) is 30.6 Å². The van der Waals surface area contributed by atoms with Crippen LogP contribution in [0.2, 0.25) is 0 Å². The monoisotopic (exact) mass is 187 g/mol. The molecule has 0 bridgehead atoms. The predicted octanol–water partition coefficient (Wildman–Crippen LogP) is 2.39. The Bertz CT molecular complexity index is 440. The summed E-state index contributed by atoms with van der Waals surface area (Å²) in [5, 5.41) is 0. The van der Waals surface area contributed by atoms with E-state index in [-0.39, 0.29) is 5.82 Å². The first-order valence-corrected chi connectivity index (χ1v) is 4.22. The number of rotatable bonds is 1. The van der Waals surface area contributed by atoms with E-state index in [4.69, 9.17) is 0 Å². The molecule has 0 aliphatic carbocycles. The molecule has 0 spiro atoms. The molecule has 0 saturated carbocycles. The minimum atomic E-state index is -0.339. The number of aryl methyl sites for hydroxylation is 1. The quantitative estimate of drug-likeness (QED) is 0.685. The van der Waals surface area contributed by atoms with Crippen molar-refractivity contribution in [2.75, 3.05) is 0 Å². The summed E-state index contributed by atoms with van der Waals surface area (Å²) in [6.45, 7) is 1.80. The van der Waals surface area contributed by atoms with Crippen molar-refractivity contribution in [3.63, 3.8) is 0 Å². The Morgan fingerprint density at radius 3 is 2.93 bits per heavy atom. The van der Waals surface area contributed by atoms with E-state index < -0.39 is 0 Å². The van der Waals surface area contributed by atoms with Crippen molar-refractivity contribution < 1.29 is 4.39 Å². The van der Waals surface area contributed by atoms with E-state index in [9.17, 15) is 4.39 Å². The summed E-state index contributed by atoms with van der Waals surface area (Å²) < 4.78 is 13.4. The highest BCUT2D eigenvalue weighted by molar-refractivity contribution is 5.57.